The summed E-state index contributed by atoms with van der Waals surface area (Å²) < 4.78 is 25.6. The van der Waals surface area contributed by atoms with Gasteiger partial charge >= 0.3 is 0 Å². The standard InChI is InChI=1S/C11H18N2O3S/c1-3-13(6-7-14)17(15,16)11-5-4-9(2)8-10(11)12/h4-5,8,14H,3,6-7,12H2,1-2H3. The van der Waals surface area contributed by atoms with Crippen molar-refractivity contribution < 1.29 is 13.5 Å². The van der Waals surface area contributed by atoms with E-state index in [0.29, 0.717) is 6.54 Å². The van der Waals surface area contributed by atoms with E-state index in [4.69, 9.17) is 10.8 Å². The highest BCUT2D eigenvalue weighted by Gasteiger charge is 2.24. The SMILES string of the molecule is CCN(CCO)S(=O)(=O)c1ccc(C)cc1N. The first kappa shape index (κ1) is 14.0. The molecular formula is C11H18N2O3S. The first-order valence-corrected chi connectivity index (χ1v) is 6.84. The van der Waals surface area contributed by atoms with Gasteiger partial charge in [0.15, 0.2) is 0 Å². The molecule has 3 N–H and O–H groups in total. The summed E-state index contributed by atoms with van der Waals surface area (Å²) >= 11 is 0. The maximum Gasteiger partial charge on any atom is 0.245 e. The van der Waals surface area contributed by atoms with E-state index >= 15 is 0 Å². The summed E-state index contributed by atoms with van der Waals surface area (Å²) in [6.45, 7) is 3.73. The van der Waals surface area contributed by atoms with Gasteiger partial charge in [-0.15, -0.1) is 0 Å². The van der Waals surface area contributed by atoms with Crippen LogP contribution in [0.1, 0.15) is 12.5 Å². The predicted molar refractivity (Wildman–Crippen MR) is 67.1 cm³/mol. The number of hydrogen-bond acceptors (Lipinski definition) is 4. The summed E-state index contributed by atoms with van der Waals surface area (Å²) in [6.07, 6.45) is 0. The first-order valence-electron chi connectivity index (χ1n) is 5.40. The number of nitrogen functional groups attached to an aromatic ring is 1. The van der Waals surface area contributed by atoms with Crippen molar-refractivity contribution in [2.45, 2.75) is 18.7 Å². The van der Waals surface area contributed by atoms with Gasteiger partial charge in [-0.3, -0.25) is 0 Å². The number of aliphatic hydroxyl groups is 1. The second kappa shape index (κ2) is 5.48. The van der Waals surface area contributed by atoms with E-state index in [-0.39, 0.29) is 23.7 Å². The minimum atomic E-state index is -3.61. The van der Waals surface area contributed by atoms with Gasteiger partial charge in [-0.1, -0.05) is 13.0 Å². The molecule has 0 aliphatic carbocycles. The average Bonchev–Trinajstić information content (AvgIpc) is 2.24. The molecule has 0 saturated heterocycles. The Balaban J connectivity index is 3.20. The fourth-order valence-corrected chi connectivity index (χ4v) is 3.14. The zero-order valence-corrected chi connectivity index (χ0v) is 10.9. The third-order valence-electron chi connectivity index (χ3n) is 2.49. The Kier molecular flexibility index (Phi) is 4.50. The Labute approximate surface area is 102 Å². The van der Waals surface area contributed by atoms with E-state index in [1.165, 1.54) is 10.4 Å². The normalized spacial score (nSPS) is 12.0. The Morgan fingerprint density at radius 3 is 2.53 bits per heavy atom. The van der Waals surface area contributed by atoms with Gasteiger partial charge in [-0.05, 0) is 24.6 Å². The van der Waals surface area contributed by atoms with E-state index in [0.717, 1.165) is 5.56 Å². The molecule has 0 atom stereocenters. The minimum absolute atomic E-state index is 0.0755. The van der Waals surface area contributed by atoms with Crippen molar-refractivity contribution >= 4 is 15.7 Å². The molecule has 0 aliphatic heterocycles. The molecule has 1 rings (SSSR count). The number of rotatable bonds is 5. The van der Waals surface area contributed by atoms with Crippen LogP contribution in [0, 0.1) is 6.92 Å². The van der Waals surface area contributed by atoms with Crippen molar-refractivity contribution in [3.63, 3.8) is 0 Å². The second-order valence-electron chi connectivity index (χ2n) is 3.76. The summed E-state index contributed by atoms with van der Waals surface area (Å²) in [7, 11) is -3.61. The third kappa shape index (κ3) is 2.96. The molecule has 5 nitrogen and oxygen atoms in total. The molecule has 0 radical (unpaired) electrons. The van der Waals surface area contributed by atoms with Crippen LogP contribution in [0.25, 0.3) is 0 Å². The molecule has 0 saturated carbocycles. The van der Waals surface area contributed by atoms with Gasteiger partial charge in [0.25, 0.3) is 0 Å². The molecule has 6 heteroatoms. The summed E-state index contributed by atoms with van der Waals surface area (Å²) in [5, 5.41) is 8.85. The Morgan fingerprint density at radius 2 is 2.06 bits per heavy atom. The van der Waals surface area contributed by atoms with Crippen molar-refractivity contribution in [2.24, 2.45) is 0 Å². The molecule has 96 valence electrons. The van der Waals surface area contributed by atoms with E-state index in [9.17, 15) is 8.42 Å². The van der Waals surface area contributed by atoms with Gasteiger partial charge in [0, 0.05) is 13.1 Å². The van der Waals surface area contributed by atoms with Crippen molar-refractivity contribution in [3.8, 4) is 0 Å². The van der Waals surface area contributed by atoms with Crippen molar-refractivity contribution in [2.75, 3.05) is 25.4 Å². The maximum absolute atomic E-state index is 12.2. The highest BCUT2D eigenvalue weighted by molar-refractivity contribution is 7.89. The molecule has 17 heavy (non-hydrogen) atoms. The van der Waals surface area contributed by atoms with Crippen molar-refractivity contribution in [1.29, 1.82) is 0 Å². The predicted octanol–water partition coefficient (Wildman–Crippen LogP) is 0.580. The number of hydrogen-bond donors (Lipinski definition) is 2. The summed E-state index contributed by atoms with van der Waals surface area (Å²) in [4.78, 5) is 0.0957. The fraction of sp³-hybridized carbons (Fsp3) is 0.455. The highest BCUT2D eigenvalue weighted by atomic mass is 32.2. The smallest absolute Gasteiger partial charge is 0.245 e. The van der Waals surface area contributed by atoms with Crippen LogP contribution in [0.5, 0.6) is 0 Å². The van der Waals surface area contributed by atoms with E-state index < -0.39 is 10.0 Å². The molecule has 0 fully saturated rings. The molecular weight excluding hydrogens is 240 g/mol. The number of sulfonamides is 1. The van der Waals surface area contributed by atoms with Crippen LogP contribution in [-0.4, -0.2) is 37.5 Å². The van der Waals surface area contributed by atoms with Crippen LogP contribution in [0.15, 0.2) is 23.1 Å². The molecule has 0 amide bonds. The lowest BCUT2D eigenvalue weighted by Crippen LogP contribution is -2.33. The number of aliphatic hydroxyl groups excluding tert-OH is 1. The molecule has 1 aromatic rings. The number of nitrogens with two attached hydrogens (primary N) is 1. The number of nitrogens with zero attached hydrogens (tertiary/aromatic N) is 1. The fourth-order valence-electron chi connectivity index (χ4n) is 1.60. The summed E-state index contributed by atoms with van der Waals surface area (Å²) in [6, 6.07) is 4.83. The lowest BCUT2D eigenvalue weighted by Gasteiger charge is -2.20. The highest BCUT2D eigenvalue weighted by Crippen LogP contribution is 2.23. The largest absolute Gasteiger partial charge is 0.398 e. The number of benzene rings is 1. The van der Waals surface area contributed by atoms with Crippen molar-refractivity contribution in [3.05, 3.63) is 23.8 Å². The van der Waals surface area contributed by atoms with Gasteiger partial charge in [-0.2, -0.15) is 4.31 Å². The Morgan fingerprint density at radius 1 is 1.41 bits per heavy atom. The van der Waals surface area contributed by atoms with Gasteiger partial charge < -0.3 is 10.8 Å². The quantitative estimate of drug-likeness (QED) is 0.757. The lowest BCUT2D eigenvalue weighted by molar-refractivity contribution is 0.257. The van der Waals surface area contributed by atoms with Gasteiger partial charge in [0.05, 0.1) is 12.3 Å². The monoisotopic (exact) mass is 258 g/mol. The molecule has 0 spiro atoms. The third-order valence-corrected chi connectivity index (χ3v) is 4.53. The molecule has 0 aliphatic rings. The number of anilines is 1. The molecule has 0 heterocycles. The zero-order valence-electron chi connectivity index (χ0n) is 10.0. The van der Waals surface area contributed by atoms with E-state index in [1.807, 2.05) is 6.92 Å². The maximum atomic E-state index is 12.2. The molecule has 0 aromatic heterocycles. The van der Waals surface area contributed by atoms with Crippen LogP contribution in [0.3, 0.4) is 0 Å². The average molecular weight is 258 g/mol. The topological polar surface area (TPSA) is 83.6 Å². The number of aryl methyl sites for hydroxylation is 1. The summed E-state index contributed by atoms with van der Waals surface area (Å²) in [5.74, 6) is 0. The number of likely N-dealkylation sites (N-methyl/N-ethyl adjacent to an activating group) is 1. The first-order chi connectivity index (χ1) is 7.93. The Hall–Kier alpha value is -1.11. The molecule has 0 bridgehead atoms. The second-order valence-corrected chi connectivity index (χ2v) is 5.67. The van der Waals surface area contributed by atoms with Gasteiger partial charge in [-0.25, -0.2) is 8.42 Å². The van der Waals surface area contributed by atoms with Crippen LogP contribution < -0.4 is 5.73 Å². The summed E-state index contributed by atoms with van der Waals surface area (Å²) in [5.41, 5.74) is 6.87. The molecule has 0 unspecified atom stereocenters. The lowest BCUT2D eigenvalue weighted by atomic mass is 10.2. The van der Waals surface area contributed by atoms with Crippen LogP contribution >= 0.6 is 0 Å². The van der Waals surface area contributed by atoms with Gasteiger partial charge in [0.2, 0.25) is 10.0 Å². The van der Waals surface area contributed by atoms with Crippen LogP contribution in [-0.2, 0) is 10.0 Å². The van der Waals surface area contributed by atoms with Gasteiger partial charge in [0.1, 0.15) is 4.90 Å². The Bertz CT molecular complexity index is 485. The van der Waals surface area contributed by atoms with Crippen molar-refractivity contribution in [1.82, 2.24) is 4.31 Å². The van der Waals surface area contributed by atoms with E-state index in [2.05, 4.69) is 0 Å². The minimum Gasteiger partial charge on any atom is -0.398 e. The molecule has 1 aromatic carbocycles. The van der Waals surface area contributed by atoms with Crippen LogP contribution in [0.2, 0.25) is 0 Å². The zero-order chi connectivity index (χ0) is 13.1. The van der Waals surface area contributed by atoms with Crippen LogP contribution in [0.4, 0.5) is 5.69 Å². The van der Waals surface area contributed by atoms with E-state index in [1.54, 1.807) is 19.1 Å².